The molecule has 122 valence electrons. The van der Waals surface area contributed by atoms with Crippen molar-refractivity contribution in [1.29, 1.82) is 0 Å². The van der Waals surface area contributed by atoms with Crippen LogP contribution in [0.2, 0.25) is 0 Å². The van der Waals surface area contributed by atoms with E-state index in [0.717, 1.165) is 16.6 Å². The molecule has 0 aliphatic rings. The molecule has 0 aliphatic heterocycles. The molecule has 0 unspecified atom stereocenters. The van der Waals surface area contributed by atoms with E-state index in [1.807, 2.05) is 24.3 Å². The lowest BCUT2D eigenvalue weighted by molar-refractivity contribution is 0.420. The summed E-state index contributed by atoms with van der Waals surface area (Å²) in [6.07, 6.45) is 0.997. The second-order valence-electron chi connectivity index (χ2n) is 6.46. The van der Waals surface area contributed by atoms with E-state index in [1.54, 1.807) is 0 Å². The van der Waals surface area contributed by atoms with Crippen molar-refractivity contribution in [2.75, 3.05) is 5.32 Å². The Morgan fingerprint density at radius 1 is 1.13 bits per heavy atom. The average Bonchev–Trinajstić information content (AvgIpc) is 2.47. The molecule has 2 nitrogen and oxygen atoms in total. The monoisotopic (exact) mass is 390 g/mol. The minimum Gasteiger partial charge on any atom is -0.360 e. The molecule has 2 aromatic carbocycles. The maximum atomic E-state index is 5.42. The van der Waals surface area contributed by atoms with Crippen molar-refractivity contribution in [1.82, 2.24) is 5.32 Å². The molecule has 0 amide bonds. The van der Waals surface area contributed by atoms with Crippen LogP contribution in [0.5, 0.6) is 0 Å². The highest BCUT2D eigenvalue weighted by molar-refractivity contribution is 9.10. The zero-order valence-corrected chi connectivity index (χ0v) is 16.2. The molecule has 2 rings (SSSR count). The maximum absolute atomic E-state index is 5.42. The van der Waals surface area contributed by atoms with Crippen LogP contribution in [0.25, 0.3) is 0 Å². The molecule has 0 heterocycles. The van der Waals surface area contributed by atoms with Gasteiger partial charge in [-0.2, -0.15) is 0 Å². The van der Waals surface area contributed by atoms with Crippen molar-refractivity contribution in [2.45, 2.75) is 38.6 Å². The highest BCUT2D eigenvalue weighted by atomic mass is 79.9. The molecule has 0 fully saturated rings. The summed E-state index contributed by atoms with van der Waals surface area (Å²) in [5.74, 6) is 0. The minimum atomic E-state index is 0.0963. The molecule has 4 heteroatoms. The molecular formula is C19H23BrN2S. The Bertz CT molecular complexity index is 655. The van der Waals surface area contributed by atoms with E-state index in [2.05, 4.69) is 77.7 Å². The molecule has 0 radical (unpaired) electrons. The van der Waals surface area contributed by atoms with Gasteiger partial charge < -0.3 is 10.6 Å². The van der Waals surface area contributed by atoms with E-state index in [4.69, 9.17) is 12.2 Å². The summed E-state index contributed by atoms with van der Waals surface area (Å²) in [7, 11) is 0. The molecular weight excluding hydrogens is 368 g/mol. The molecule has 0 aromatic heterocycles. The first-order valence-electron chi connectivity index (χ1n) is 7.75. The van der Waals surface area contributed by atoms with E-state index in [9.17, 15) is 0 Å². The van der Waals surface area contributed by atoms with E-state index in [-0.39, 0.29) is 11.5 Å². The van der Waals surface area contributed by atoms with Gasteiger partial charge in [0.25, 0.3) is 0 Å². The number of nitrogens with one attached hydrogen (secondary N) is 2. The predicted molar refractivity (Wildman–Crippen MR) is 107 cm³/mol. The summed E-state index contributed by atoms with van der Waals surface area (Å²) < 4.78 is 1.03. The second kappa shape index (κ2) is 7.93. The lowest BCUT2D eigenvalue weighted by Gasteiger charge is -2.29. The minimum absolute atomic E-state index is 0.0963. The van der Waals surface area contributed by atoms with Crippen LogP contribution in [-0.4, -0.2) is 11.2 Å². The van der Waals surface area contributed by atoms with Gasteiger partial charge in [-0.3, -0.25) is 0 Å². The lowest BCUT2D eigenvalue weighted by atomic mass is 9.79. The second-order valence-corrected chi connectivity index (χ2v) is 7.79. The van der Waals surface area contributed by atoms with Gasteiger partial charge in [-0.25, -0.2) is 0 Å². The molecule has 2 aromatic rings. The summed E-state index contributed by atoms with van der Waals surface area (Å²) in [6, 6.07) is 18.9. The van der Waals surface area contributed by atoms with Crippen LogP contribution in [0, 0.1) is 0 Å². The number of hydrogen-bond donors (Lipinski definition) is 2. The standard InChI is InChI=1S/C19H23BrN2S/c1-14(13-19(2,3)15-8-5-4-6-9-15)21-18(23)22-17-11-7-10-16(20)12-17/h4-12,14H,13H2,1-3H3,(H2,21,22,23)/t14-/m0/s1. The van der Waals surface area contributed by atoms with E-state index < -0.39 is 0 Å². The van der Waals surface area contributed by atoms with Crippen LogP contribution in [0.1, 0.15) is 32.8 Å². The molecule has 0 bridgehead atoms. The first kappa shape index (κ1) is 18.0. The highest BCUT2D eigenvalue weighted by Crippen LogP contribution is 2.28. The SMILES string of the molecule is C[C@@H](CC(C)(C)c1ccccc1)NC(=S)Nc1cccc(Br)c1. The van der Waals surface area contributed by atoms with Crippen molar-refractivity contribution >= 4 is 38.9 Å². The van der Waals surface area contributed by atoms with Gasteiger partial charge in [0.05, 0.1) is 0 Å². The Balaban J connectivity index is 1.91. The van der Waals surface area contributed by atoms with E-state index in [1.165, 1.54) is 5.56 Å². The molecule has 1 atom stereocenters. The van der Waals surface area contributed by atoms with Crippen molar-refractivity contribution in [2.24, 2.45) is 0 Å². The van der Waals surface area contributed by atoms with E-state index in [0.29, 0.717) is 5.11 Å². The Morgan fingerprint density at radius 3 is 2.48 bits per heavy atom. The number of benzene rings is 2. The van der Waals surface area contributed by atoms with Crippen LogP contribution >= 0.6 is 28.1 Å². The fraction of sp³-hybridized carbons (Fsp3) is 0.316. The van der Waals surface area contributed by atoms with Gasteiger partial charge in [-0.1, -0.05) is 66.2 Å². The van der Waals surface area contributed by atoms with Gasteiger partial charge in [0.15, 0.2) is 5.11 Å². The first-order valence-corrected chi connectivity index (χ1v) is 8.95. The normalized spacial score (nSPS) is 12.5. The predicted octanol–water partition coefficient (Wildman–Crippen LogP) is 5.49. The van der Waals surface area contributed by atoms with Gasteiger partial charge >= 0.3 is 0 Å². The number of thiocarbonyl (C=S) groups is 1. The third kappa shape index (κ3) is 5.63. The topological polar surface area (TPSA) is 24.1 Å². The Kier molecular flexibility index (Phi) is 6.19. The smallest absolute Gasteiger partial charge is 0.170 e. The highest BCUT2D eigenvalue weighted by Gasteiger charge is 2.23. The first-order chi connectivity index (χ1) is 10.9. The number of halogens is 1. The fourth-order valence-corrected chi connectivity index (χ4v) is 3.50. The largest absolute Gasteiger partial charge is 0.360 e. The van der Waals surface area contributed by atoms with Gasteiger partial charge in [0.1, 0.15) is 0 Å². The third-order valence-electron chi connectivity index (χ3n) is 3.83. The van der Waals surface area contributed by atoms with Gasteiger partial charge in [0, 0.05) is 16.2 Å². The molecule has 0 spiro atoms. The Morgan fingerprint density at radius 2 is 1.83 bits per heavy atom. The van der Waals surface area contributed by atoms with Gasteiger partial charge in [-0.05, 0) is 54.7 Å². The van der Waals surface area contributed by atoms with Gasteiger partial charge in [-0.15, -0.1) is 0 Å². The van der Waals surface area contributed by atoms with Gasteiger partial charge in [0.2, 0.25) is 0 Å². The zero-order chi connectivity index (χ0) is 16.9. The lowest BCUT2D eigenvalue weighted by Crippen LogP contribution is -2.39. The maximum Gasteiger partial charge on any atom is 0.170 e. The molecule has 0 saturated carbocycles. The Labute approximate surface area is 152 Å². The molecule has 23 heavy (non-hydrogen) atoms. The van der Waals surface area contributed by atoms with E-state index >= 15 is 0 Å². The average molecular weight is 391 g/mol. The molecule has 0 saturated heterocycles. The summed E-state index contributed by atoms with van der Waals surface area (Å²) >= 11 is 8.89. The van der Waals surface area contributed by atoms with Crippen molar-refractivity contribution in [3.8, 4) is 0 Å². The Hall–Kier alpha value is -1.39. The summed E-state index contributed by atoms with van der Waals surface area (Å²) in [6.45, 7) is 6.70. The zero-order valence-electron chi connectivity index (χ0n) is 13.8. The molecule has 0 aliphatic carbocycles. The van der Waals surface area contributed by atoms with Crippen LogP contribution in [0.3, 0.4) is 0 Å². The molecule has 2 N–H and O–H groups in total. The number of hydrogen-bond acceptors (Lipinski definition) is 1. The summed E-state index contributed by atoms with van der Waals surface area (Å²) in [5.41, 5.74) is 2.42. The van der Waals surface area contributed by atoms with Crippen LogP contribution in [0.4, 0.5) is 5.69 Å². The quantitative estimate of drug-likeness (QED) is 0.659. The van der Waals surface area contributed by atoms with Crippen LogP contribution < -0.4 is 10.6 Å². The summed E-state index contributed by atoms with van der Waals surface area (Å²) in [4.78, 5) is 0. The third-order valence-corrected chi connectivity index (χ3v) is 4.54. The van der Waals surface area contributed by atoms with Crippen LogP contribution in [0.15, 0.2) is 59.1 Å². The summed E-state index contributed by atoms with van der Waals surface area (Å²) in [5, 5.41) is 7.26. The van der Waals surface area contributed by atoms with Crippen molar-refractivity contribution in [3.05, 3.63) is 64.6 Å². The number of anilines is 1. The van der Waals surface area contributed by atoms with Crippen molar-refractivity contribution in [3.63, 3.8) is 0 Å². The van der Waals surface area contributed by atoms with Crippen molar-refractivity contribution < 1.29 is 0 Å². The number of rotatable bonds is 5. The van der Waals surface area contributed by atoms with Crippen LogP contribution in [-0.2, 0) is 5.41 Å². The fourth-order valence-electron chi connectivity index (χ4n) is 2.78.